The van der Waals surface area contributed by atoms with E-state index < -0.39 is 0 Å². The number of nitrogens with zero attached hydrogens (tertiary/aromatic N) is 3. The first-order valence-corrected chi connectivity index (χ1v) is 9.14. The molecule has 0 aliphatic carbocycles. The molecule has 1 atom stereocenters. The topological polar surface area (TPSA) is 65.1 Å². The molecule has 2 aliphatic rings. The third-order valence-electron chi connectivity index (χ3n) is 5.20. The molecule has 7 nitrogen and oxygen atoms in total. The largest absolute Gasteiger partial charge is 0.385 e. The standard InChI is InChI=1S/C17H32N4O3/c1-4-19-11-12-21(17(19)23)15-6-9-20(10-7-15)14(2)16(22)18-8-5-13-24-3/h14-15H,4-13H2,1-3H3,(H,18,22). The third kappa shape index (κ3) is 4.60. The van der Waals surface area contributed by atoms with Crippen molar-refractivity contribution < 1.29 is 14.3 Å². The highest BCUT2D eigenvalue weighted by Crippen LogP contribution is 2.22. The monoisotopic (exact) mass is 340 g/mol. The Kier molecular flexibility index (Phi) is 7.30. The Morgan fingerprint density at radius 1 is 1.29 bits per heavy atom. The highest BCUT2D eigenvalue weighted by atomic mass is 16.5. The smallest absolute Gasteiger partial charge is 0.320 e. The van der Waals surface area contributed by atoms with E-state index in [1.165, 1.54) is 0 Å². The fourth-order valence-electron chi connectivity index (χ4n) is 3.56. The maximum Gasteiger partial charge on any atom is 0.320 e. The first-order chi connectivity index (χ1) is 11.6. The van der Waals surface area contributed by atoms with Crippen LogP contribution in [-0.2, 0) is 9.53 Å². The SMILES string of the molecule is CCN1CCN(C2CCN(C(C)C(=O)NCCCOC)CC2)C1=O. The average molecular weight is 340 g/mol. The van der Waals surface area contributed by atoms with Crippen LogP contribution in [0.5, 0.6) is 0 Å². The Hall–Kier alpha value is -1.34. The van der Waals surface area contributed by atoms with E-state index in [0.29, 0.717) is 19.2 Å². The van der Waals surface area contributed by atoms with Crippen molar-refractivity contribution in [1.82, 2.24) is 20.0 Å². The molecule has 7 heteroatoms. The van der Waals surface area contributed by atoms with Gasteiger partial charge in [-0.2, -0.15) is 0 Å². The number of carbonyl (C=O) groups excluding carboxylic acids is 2. The number of methoxy groups -OCH3 is 1. The summed E-state index contributed by atoms with van der Waals surface area (Å²) >= 11 is 0. The highest BCUT2D eigenvalue weighted by Gasteiger charge is 2.35. The summed E-state index contributed by atoms with van der Waals surface area (Å²) in [5.74, 6) is 0.0824. The number of carbonyl (C=O) groups is 2. The summed E-state index contributed by atoms with van der Waals surface area (Å²) < 4.78 is 4.99. The second kappa shape index (κ2) is 9.22. The van der Waals surface area contributed by atoms with Crippen molar-refractivity contribution in [3.05, 3.63) is 0 Å². The predicted molar refractivity (Wildman–Crippen MR) is 92.9 cm³/mol. The second-order valence-corrected chi connectivity index (χ2v) is 6.64. The lowest BCUT2D eigenvalue weighted by atomic mass is 10.0. The van der Waals surface area contributed by atoms with Crippen LogP contribution in [-0.4, -0.2) is 91.7 Å². The summed E-state index contributed by atoms with van der Waals surface area (Å²) in [6.45, 7) is 9.52. The molecule has 0 aromatic carbocycles. The highest BCUT2D eigenvalue weighted by molar-refractivity contribution is 5.81. The molecule has 0 saturated carbocycles. The molecule has 2 fully saturated rings. The van der Waals surface area contributed by atoms with Crippen LogP contribution in [0.3, 0.4) is 0 Å². The first-order valence-electron chi connectivity index (χ1n) is 9.14. The molecule has 1 unspecified atom stereocenters. The van der Waals surface area contributed by atoms with Crippen molar-refractivity contribution in [2.24, 2.45) is 0 Å². The lowest BCUT2D eigenvalue weighted by Gasteiger charge is -2.38. The molecule has 2 aliphatic heterocycles. The number of hydrogen-bond donors (Lipinski definition) is 1. The Morgan fingerprint density at radius 2 is 2.00 bits per heavy atom. The number of piperidine rings is 1. The zero-order chi connectivity index (χ0) is 17.5. The van der Waals surface area contributed by atoms with Gasteiger partial charge in [0.05, 0.1) is 6.04 Å². The summed E-state index contributed by atoms with van der Waals surface area (Å²) in [4.78, 5) is 30.7. The lowest BCUT2D eigenvalue weighted by Crippen LogP contribution is -2.52. The summed E-state index contributed by atoms with van der Waals surface area (Å²) in [6, 6.07) is 0.386. The van der Waals surface area contributed by atoms with Gasteiger partial charge >= 0.3 is 6.03 Å². The fourth-order valence-corrected chi connectivity index (χ4v) is 3.56. The summed E-state index contributed by atoms with van der Waals surface area (Å²) in [5, 5.41) is 2.97. The van der Waals surface area contributed by atoms with Crippen LogP contribution in [0.15, 0.2) is 0 Å². The van der Waals surface area contributed by atoms with Gasteiger partial charge < -0.3 is 19.9 Å². The molecule has 0 spiro atoms. The van der Waals surface area contributed by atoms with E-state index in [1.807, 2.05) is 23.6 Å². The molecular formula is C17H32N4O3. The number of likely N-dealkylation sites (tertiary alicyclic amines) is 1. The Labute approximate surface area is 145 Å². The van der Waals surface area contributed by atoms with Gasteiger partial charge in [-0.25, -0.2) is 4.79 Å². The van der Waals surface area contributed by atoms with Crippen molar-refractivity contribution >= 4 is 11.9 Å². The van der Waals surface area contributed by atoms with E-state index in [0.717, 1.165) is 52.0 Å². The van der Waals surface area contributed by atoms with Gasteiger partial charge in [0.2, 0.25) is 5.91 Å². The van der Waals surface area contributed by atoms with E-state index in [-0.39, 0.29) is 18.0 Å². The number of amides is 3. The zero-order valence-electron chi connectivity index (χ0n) is 15.3. The molecule has 2 saturated heterocycles. The average Bonchev–Trinajstić information content (AvgIpc) is 2.98. The Balaban J connectivity index is 1.74. The minimum absolute atomic E-state index is 0.0824. The van der Waals surface area contributed by atoms with Gasteiger partial charge in [-0.05, 0) is 33.1 Å². The first kappa shape index (κ1) is 19.0. The van der Waals surface area contributed by atoms with Crippen molar-refractivity contribution in [3.63, 3.8) is 0 Å². The van der Waals surface area contributed by atoms with Crippen LogP contribution < -0.4 is 5.32 Å². The van der Waals surface area contributed by atoms with E-state index in [2.05, 4.69) is 10.2 Å². The van der Waals surface area contributed by atoms with Gasteiger partial charge in [-0.1, -0.05) is 0 Å². The number of ether oxygens (including phenoxy) is 1. The van der Waals surface area contributed by atoms with Crippen molar-refractivity contribution in [2.75, 3.05) is 53.0 Å². The van der Waals surface area contributed by atoms with Gasteiger partial charge in [0.25, 0.3) is 0 Å². The van der Waals surface area contributed by atoms with Gasteiger partial charge in [-0.3, -0.25) is 9.69 Å². The molecular weight excluding hydrogens is 308 g/mol. The number of rotatable bonds is 8. The lowest BCUT2D eigenvalue weighted by molar-refractivity contribution is -0.126. The van der Waals surface area contributed by atoms with Gasteiger partial charge in [0, 0.05) is 59.0 Å². The van der Waals surface area contributed by atoms with Crippen LogP contribution in [0.4, 0.5) is 4.79 Å². The number of nitrogens with one attached hydrogen (secondary N) is 1. The molecule has 1 N–H and O–H groups in total. The third-order valence-corrected chi connectivity index (χ3v) is 5.20. The van der Waals surface area contributed by atoms with Crippen LogP contribution in [0.2, 0.25) is 0 Å². The molecule has 138 valence electrons. The number of hydrogen-bond acceptors (Lipinski definition) is 4. The maximum absolute atomic E-state index is 12.3. The Bertz CT molecular complexity index is 424. The number of likely N-dealkylation sites (N-methyl/N-ethyl adjacent to an activating group) is 1. The minimum atomic E-state index is -0.116. The molecule has 0 aromatic heterocycles. The van der Waals surface area contributed by atoms with Crippen LogP contribution >= 0.6 is 0 Å². The quantitative estimate of drug-likeness (QED) is 0.662. The molecule has 24 heavy (non-hydrogen) atoms. The van der Waals surface area contributed by atoms with Crippen molar-refractivity contribution in [1.29, 1.82) is 0 Å². The zero-order valence-corrected chi connectivity index (χ0v) is 15.3. The fraction of sp³-hybridized carbons (Fsp3) is 0.882. The van der Waals surface area contributed by atoms with Crippen LogP contribution in [0.1, 0.15) is 33.1 Å². The molecule has 0 bridgehead atoms. The van der Waals surface area contributed by atoms with Gasteiger partial charge in [0.1, 0.15) is 0 Å². The summed E-state index contributed by atoms with van der Waals surface area (Å²) in [7, 11) is 1.67. The van der Waals surface area contributed by atoms with Crippen LogP contribution in [0.25, 0.3) is 0 Å². The number of urea groups is 1. The summed E-state index contributed by atoms with van der Waals surface area (Å²) in [5.41, 5.74) is 0. The Morgan fingerprint density at radius 3 is 2.58 bits per heavy atom. The predicted octanol–water partition coefficient (Wildman–Crippen LogP) is 0.750. The molecule has 0 aromatic rings. The van der Waals surface area contributed by atoms with E-state index >= 15 is 0 Å². The summed E-state index contributed by atoms with van der Waals surface area (Å²) in [6.07, 6.45) is 2.73. The normalized spacial score (nSPS) is 21.4. The van der Waals surface area contributed by atoms with Crippen molar-refractivity contribution in [2.45, 2.75) is 45.2 Å². The molecule has 2 heterocycles. The van der Waals surface area contributed by atoms with E-state index in [1.54, 1.807) is 7.11 Å². The van der Waals surface area contributed by atoms with E-state index in [9.17, 15) is 9.59 Å². The molecule has 3 amide bonds. The molecule has 0 radical (unpaired) electrons. The van der Waals surface area contributed by atoms with Gasteiger partial charge in [-0.15, -0.1) is 0 Å². The maximum atomic E-state index is 12.3. The van der Waals surface area contributed by atoms with E-state index in [4.69, 9.17) is 4.74 Å². The minimum Gasteiger partial charge on any atom is -0.385 e. The second-order valence-electron chi connectivity index (χ2n) is 6.64. The van der Waals surface area contributed by atoms with Crippen molar-refractivity contribution in [3.8, 4) is 0 Å². The molecule has 2 rings (SSSR count). The van der Waals surface area contributed by atoms with Gasteiger partial charge in [0.15, 0.2) is 0 Å². The van der Waals surface area contributed by atoms with Crippen LogP contribution in [0, 0.1) is 0 Å².